The largest absolute Gasteiger partial charge is 0.449 e. The van der Waals surface area contributed by atoms with Crippen molar-refractivity contribution in [1.29, 1.82) is 0 Å². The maximum atomic E-state index is 13.0. The van der Waals surface area contributed by atoms with Crippen LogP contribution >= 0.6 is 0 Å². The molecule has 0 N–H and O–H groups in total. The van der Waals surface area contributed by atoms with Gasteiger partial charge < -0.3 is 19.3 Å². The van der Waals surface area contributed by atoms with Crippen molar-refractivity contribution in [3.63, 3.8) is 0 Å². The topological polar surface area (TPSA) is 84.9 Å². The molecule has 1 fully saturated rings. The van der Waals surface area contributed by atoms with Gasteiger partial charge in [0.05, 0.1) is 17.7 Å². The number of halogens is 3. The summed E-state index contributed by atoms with van der Waals surface area (Å²) in [6.45, 7) is 5.80. The molecule has 1 aliphatic heterocycles. The summed E-state index contributed by atoms with van der Waals surface area (Å²) in [5.74, 6) is 0.409. The third-order valence-electron chi connectivity index (χ3n) is 5.53. The van der Waals surface area contributed by atoms with Gasteiger partial charge >= 0.3 is 12.3 Å². The number of alkyl halides is 3. The van der Waals surface area contributed by atoms with Crippen LogP contribution in [-0.4, -0.2) is 64.6 Å². The number of carbonyl (C=O) groups is 2. The normalized spacial score (nSPS) is 14.3. The van der Waals surface area contributed by atoms with Gasteiger partial charge in [0.25, 0.3) is 5.91 Å². The van der Waals surface area contributed by atoms with E-state index >= 15 is 0 Å². The number of fused-ring (bicyclic) bond motifs is 1. The van der Waals surface area contributed by atoms with Crippen molar-refractivity contribution in [3.8, 4) is 11.6 Å². The third kappa shape index (κ3) is 6.02. The van der Waals surface area contributed by atoms with E-state index in [0.717, 1.165) is 12.1 Å². The Hall–Kier alpha value is -3.89. The first-order valence-electron chi connectivity index (χ1n) is 11.4. The maximum Gasteiger partial charge on any atom is 0.417 e. The lowest BCUT2D eigenvalue weighted by atomic mass is 10.1. The van der Waals surface area contributed by atoms with Crippen LogP contribution in [0.1, 0.15) is 29.9 Å². The Balaban J connectivity index is 1.38. The molecule has 190 valence electrons. The van der Waals surface area contributed by atoms with Crippen LogP contribution < -0.4 is 4.74 Å². The van der Waals surface area contributed by atoms with Crippen molar-refractivity contribution in [2.75, 3.05) is 32.8 Å². The van der Waals surface area contributed by atoms with Gasteiger partial charge in [-0.1, -0.05) is 19.9 Å². The zero-order valence-corrected chi connectivity index (χ0v) is 19.8. The second kappa shape index (κ2) is 10.4. The average molecular weight is 502 g/mol. The maximum absolute atomic E-state index is 13.0. The highest BCUT2D eigenvalue weighted by molar-refractivity contribution is 5.95. The number of piperazine rings is 1. The van der Waals surface area contributed by atoms with Crippen LogP contribution in [0.2, 0.25) is 0 Å². The van der Waals surface area contributed by atoms with E-state index in [1.807, 2.05) is 13.8 Å². The van der Waals surface area contributed by atoms with Gasteiger partial charge in [-0.25, -0.2) is 14.8 Å². The molecule has 0 bridgehead atoms. The molecular weight excluding hydrogens is 477 g/mol. The molecule has 1 saturated heterocycles. The van der Waals surface area contributed by atoms with Gasteiger partial charge in [-0.15, -0.1) is 0 Å². The Morgan fingerprint density at radius 3 is 2.36 bits per heavy atom. The fraction of sp³-hybridized carbons (Fsp3) is 0.360. The molecule has 1 aliphatic rings. The predicted molar refractivity (Wildman–Crippen MR) is 125 cm³/mol. The smallest absolute Gasteiger partial charge is 0.417 e. The summed E-state index contributed by atoms with van der Waals surface area (Å²) in [6.07, 6.45) is -4.13. The molecular formula is C25H25F3N4O4. The molecule has 3 heterocycles. The zero-order valence-electron chi connectivity index (χ0n) is 19.8. The molecule has 2 amide bonds. The number of benzene rings is 1. The molecule has 0 spiro atoms. The lowest BCUT2D eigenvalue weighted by Gasteiger charge is -2.34. The van der Waals surface area contributed by atoms with Crippen LogP contribution in [-0.2, 0) is 10.9 Å². The molecule has 4 rings (SSSR count). The van der Waals surface area contributed by atoms with E-state index in [1.165, 1.54) is 0 Å². The molecule has 0 unspecified atom stereocenters. The first-order valence-corrected chi connectivity index (χ1v) is 11.4. The van der Waals surface area contributed by atoms with E-state index in [2.05, 4.69) is 9.97 Å². The van der Waals surface area contributed by atoms with Gasteiger partial charge in [-0.2, -0.15) is 13.2 Å². The van der Waals surface area contributed by atoms with Crippen molar-refractivity contribution in [2.24, 2.45) is 5.92 Å². The molecule has 36 heavy (non-hydrogen) atoms. The van der Waals surface area contributed by atoms with Crippen LogP contribution in [0.15, 0.2) is 48.7 Å². The molecule has 0 saturated carbocycles. The summed E-state index contributed by atoms with van der Waals surface area (Å²) in [4.78, 5) is 36.5. The number of hydrogen-bond acceptors (Lipinski definition) is 6. The SMILES string of the molecule is CC(C)COC(=O)N1CCN(C(=O)c2ccc3cc(Oc4ccc(C(F)(F)F)cn4)ccc3n2)CC1. The molecule has 0 aliphatic carbocycles. The van der Waals surface area contributed by atoms with Crippen molar-refractivity contribution < 1.29 is 32.2 Å². The summed E-state index contributed by atoms with van der Waals surface area (Å²) in [5.41, 5.74) is -0.0249. The number of carbonyl (C=O) groups excluding carboxylic acids is 2. The molecule has 0 radical (unpaired) electrons. The van der Waals surface area contributed by atoms with Crippen LogP contribution in [0.5, 0.6) is 11.6 Å². The minimum atomic E-state index is -4.47. The summed E-state index contributed by atoms with van der Waals surface area (Å²) in [6, 6.07) is 10.3. The third-order valence-corrected chi connectivity index (χ3v) is 5.53. The van der Waals surface area contributed by atoms with E-state index in [-0.39, 0.29) is 29.5 Å². The molecule has 2 aromatic heterocycles. The van der Waals surface area contributed by atoms with E-state index in [1.54, 1.807) is 40.1 Å². The Morgan fingerprint density at radius 2 is 1.72 bits per heavy atom. The number of amides is 2. The first-order chi connectivity index (χ1) is 17.1. The molecule has 8 nitrogen and oxygen atoms in total. The summed E-state index contributed by atoms with van der Waals surface area (Å²) >= 11 is 0. The standard InChI is InChI=1S/C25H25F3N4O4/c1-16(2)15-35-24(34)32-11-9-31(10-12-32)23(33)21-6-3-17-13-19(5-7-20(17)30-21)36-22-8-4-18(14-29-22)25(26,27)28/h3-8,13-14,16H,9-12,15H2,1-2H3. The summed E-state index contributed by atoms with van der Waals surface area (Å²) in [7, 11) is 0. The van der Waals surface area contributed by atoms with E-state index in [9.17, 15) is 22.8 Å². The highest BCUT2D eigenvalue weighted by Gasteiger charge is 2.31. The van der Waals surface area contributed by atoms with Crippen LogP contribution in [0.4, 0.5) is 18.0 Å². The van der Waals surface area contributed by atoms with Crippen LogP contribution in [0.3, 0.4) is 0 Å². The Kier molecular flexibility index (Phi) is 7.27. The van der Waals surface area contributed by atoms with Gasteiger partial charge in [0.1, 0.15) is 11.4 Å². The lowest BCUT2D eigenvalue weighted by Crippen LogP contribution is -2.51. The quantitative estimate of drug-likeness (QED) is 0.489. The highest BCUT2D eigenvalue weighted by atomic mass is 19.4. The van der Waals surface area contributed by atoms with Gasteiger partial charge in [0, 0.05) is 43.8 Å². The number of pyridine rings is 2. The Labute approximate surface area is 205 Å². The van der Waals surface area contributed by atoms with Crippen molar-refractivity contribution >= 4 is 22.9 Å². The monoisotopic (exact) mass is 502 g/mol. The number of ether oxygens (including phenoxy) is 2. The van der Waals surface area contributed by atoms with Gasteiger partial charge in [-0.05, 0) is 36.2 Å². The predicted octanol–water partition coefficient (Wildman–Crippen LogP) is 4.99. The van der Waals surface area contributed by atoms with Gasteiger partial charge in [0.2, 0.25) is 5.88 Å². The van der Waals surface area contributed by atoms with E-state index in [4.69, 9.17) is 9.47 Å². The van der Waals surface area contributed by atoms with Gasteiger partial charge in [-0.3, -0.25) is 4.79 Å². The van der Waals surface area contributed by atoms with Crippen molar-refractivity contribution in [3.05, 3.63) is 59.9 Å². The Morgan fingerprint density at radius 1 is 1.00 bits per heavy atom. The van der Waals surface area contributed by atoms with E-state index in [0.29, 0.717) is 55.6 Å². The van der Waals surface area contributed by atoms with E-state index < -0.39 is 11.7 Å². The van der Waals surface area contributed by atoms with Crippen LogP contribution in [0.25, 0.3) is 10.9 Å². The highest BCUT2D eigenvalue weighted by Crippen LogP contribution is 2.30. The van der Waals surface area contributed by atoms with Crippen molar-refractivity contribution in [2.45, 2.75) is 20.0 Å². The number of nitrogens with zero attached hydrogens (tertiary/aromatic N) is 4. The number of hydrogen-bond donors (Lipinski definition) is 0. The fourth-order valence-electron chi connectivity index (χ4n) is 3.60. The number of rotatable bonds is 5. The minimum Gasteiger partial charge on any atom is -0.449 e. The molecule has 1 aromatic carbocycles. The lowest BCUT2D eigenvalue weighted by molar-refractivity contribution is -0.137. The molecule has 0 atom stereocenters. The Bertz CT molecular complexity index is 1240. The summed E-state index contributed by atoms with van der Waals surface area (Å²) in [5, 5.41) is 0.689. The second-order valence-corrected chi connectivity index (χ2v) is 8.79. The average Bonchev–Trinajstić information content (AvgIpc) is 2.86. The number of aromatic nitrogens is 2. The van der Waals surface area contributed by atoms with Crippen LogP contribution in [0, 0.1) is 5.92 Å². The van der Waals surface area contributed by atoms with Gasteiger partial charge in [0.15, 0.2) is 0 Å². The van der Waals surface area contributed by atoms with Crippen molar-refractivity contribution in [1.82, 2.24) is 19.8 Å². The minimum absolute atomic E-state index is 0.0225. The second-order valence-electron chi connectivity index (χ2n) is 8.79. The first kappa shape index (κ1) is 25.2. The summed E-state index contributed by atoms with van der Waals surface area (Å²) < 4.78 is 48.9. The zero-order chi connectivity index (χ0) is 25.9. The molecule has 3 aromatic rings. The molecule has 11 heteroatoms. The fourth-order valence-corrected chi connectivity index (χ4v) is 3.60.